The van der Waals surface area contributed by atoms with Crippen molar-refractivity contribution >= 4 is 0 Å². The van der Waals surface area contributed by atoms with Crippen LogP contribution in [0.2, 0.25) is 0 Å². The van der Waals surface area contributed by atoms with Gasteiger partial charge in [-0.1, -0.05) is 30.3 Å². The van der Waals surface area contributed by atoms with Gasteiger partial charge < -0.3 is 14.6 Å². The summed E-state index contributed by atoms with van der Waals surface area (Å²) < 4.78 is 11.0. The molecule has 0 amide bonds. The summed E-state index contributed by atoms with van der Waals surface area (Å²) in [5.41, 5.74) is 1.24. The lowest BCUT2D eigenvalue weighted by Crippen LogP contribution is -2.37. The smallest absolute Gasteiger partial charge is 0.134 e. The van der Waals surface area contributed by atoms with Crippen LogP contribution in [0.4, 0.5) is 0 Å². The standard InChI is InChI=1S/C14H23NO3/c1-3-18-14(12-17-10-9-16)15(2)11-13-7-5-4-6-8-13/h4-8,14,16H,3,9-12H2,1-2H3. The van der Waals surface area contributed by atoms with Crippen LogP contribution in [-0.4, -0.2) is 49.7 Å². The summed E-state index contributed by atoms with van der Waals surface area (Å²) in [6, 6.07) is 10.2. The second kappa shape index (κ2) is 9.05. The van der Waals surface area contributed by atoms with Crippen molar-refractivity contribution in [3.8, 4) is 0 Å². The van der Waals surface area contributed by atoms with Crippen molar-refractivity contribution in [1.82, 2.24) is 4.90 Å². The van der Waals surface area contributed by atoms with E-state index in [1.54, 1.807) is 0 Å². The average molecular weight is 253 g/mol. The van der Waals surface area contributed by atoms with Crippen LogP contribution in [0, 0.1) is 0 Å². The van der Waals surface area contributed by atoms with Gasteiger partial charge in [-0.05, 0) is 19.5 Å². The number of ether oxygens (including phenoxy) is 2. The van der Waals surface area contributed by atoms with Gasteiger partial charge >= 0.3 is 0 Å². The maximum atomic E-state index is 8.70. The number of likely N-dealkylation sites (N-methyl/N-ethyl adjacent to an activating group) is 1. The van der Waals surface area contributed by atoms with E-state index in [0.29, 0.717) is 19.8 Å². The first kappa shape index (κ1) is 15.1. The highest BCUT2D eigenvalue weighted by molar-refractivity contribution is 5.14. The van der Waals surface area contributed by atoms with Crippen molar-refractivity contribution in [2.45, 2.75) is 19.7 Å². The first-order valence-electron chi connectivity index (χ1n) is 6.32. The third-order valence-corrected chi connectivity index (χ3v) is 2.62. The van der Waals surface area contributed by atoms with Gasteiger partial charge in [-0.3, -0.25) is 4.90 Å². The van der Waals surface area contributed by atoms with Gasteiger partial charge in [-0.25, -0.2) is 0 Å². The van der Waals surface area contributed by atoms with E-state index < -0.39 is 0 Å². The molecule has 102 valence electrons. The maximum absolute atomic E-state index is 8.70. The minimum atomic E-state index is -0.0817. The molecule has 0 heterocycles. The quantitative estimate of drug-likeness (QED) is 0.535. The van der Waals surface area contributed by atoms with Gasteiger partial charge in [-0.15, -0.1) is 0 Å². The number of nitrogens with zero attached hydrogens (tertiary/aromatic N) is 1. The molecule has 1 aromatic carbocycles. The Morgan fingerprint density at radius 2 is 2.00 bits per heavy atom. The fourth-order valence-electron chi connectivity index (χ4n) is 1.72. The number of benzene rings is 1. The van der Waals surface area contributed by atoms with Crippen LogP contribution in [0.15, 0.2) is 30.3 Å². The van der Waals surface area contributed by atoms with Gasteiger partial charge in [0, 0.05) is 13.2 Å². The van der Waals surface area contributed by atoms with Gasteiger partial charge in [0.1, 0.15) is 6.23 Å². The molecule has 1 unspecified atom stereocenters. The maximum Gasteiger partial charge on any atom is 0.134 e. The fraction of sp³-hybridized carbons (Fsp3) is 0.571. The van der Waals surface area contributed by atoms with E-state index in [1.165, 1.54) is 5.56 Å². The largest absolute Gasteiger partial charge is 0.394 e. The first-order chi connectivity index (χ1) is 8.77. The Morgan fingerprint density at radius 3 is 2.61 bits per heavy atom. The normalized spacial score (nSPS) is 12.9. The summed E-state index contributed by atoms with van der Waals surface area (Å²) >= 11 is 0. The molecule has 0 saturated heterocycles. The number of aliphatic hydroxyl groups excluding tert-OH is 1. The number of hydrogen-bond acceptors (Lipinski definition) is 4. The summed E-state index contributed by atoms with van der Waals surface area (Å²) in [5, 5.41) is 8.70. The van der Waals surface area contributed by atoms with E-state index in [0.717, 1.165) is 6.54 Å². The lowest BCUT2D eigenvalue weighted by Gasteiger charge is -2.27. The number of rotatable bonds is 9. The number of hydrogen-bond donors (Lipinski definition) is 1. The Bertz CT molecular complexity index is 305. The summed E-state index contributed by atoms with van der Waals surface area (Å²) in [6.45, 7) is 4.29. The second-order valence-electron chi connectivity index (χ2n) is 4.11. The van der Waals surface area contributed by atoms with Gasteiger partial charge in [-0.2, -0.15) is 0 Å². The van der Waals surface area contributed by atoms with E-state index in [9.17, 15) is 0 Å². The molecule has 4 heteroatoms. The molecule has 0 radical (unpaired) electrons. The Hall–Kier alpha value is -0.940. The Morgan fingerprint density at radius 1 is 1.28 bits per heavy atom. The summed E-state index contributed by atoms with van der Waals surface area (Å²) in [7, 11) is 2.01. The SMILES string of the molecule is CCOC(COCCO)N(C)Cc1ccccc1. The van der Waals surface area contributed by atoms with Crippen LogP contribution >= 0.6 is 0 Å². The van der Waals surface area contributed by atoms with Gasteiger partial charge in [0.2, 0.25) is 0 Å². The van der Waals surface area contributed by atoms with Gasteiger partial charge in [0.15, 0.2) is 0 Å². The molecule has 18 heavy (non-hydrogen) atoms. The van der Waals surface area contributed by atoms with Crippen LogP contribution < -0.4 is 0 Å². The summed E-state index contributed by atoms with van der Waals surface area (Å²) in [5.74, 6) is 0. The van der Waals surface area contributed by atoms with Crippen LogP contribution in [0.3, 0.4) is 0 Å². The fourth-order valence-corrected chi connectivity index (χ4v) is 1.72. The minimum absolute atomic E-state index is 0.0429. The molecule has 0 saturated carbocycles. The van der Waals surface area contributed by atoms with E-state index in [-0.39, 0.29) is 12.8 Å². The molecule has 1 aromatic rings. The lowest BCUT2D eigenvalue weighted by molar-refractivity contribution is -0.0956. The molecule has 1 atom stereocenters. The van der Waals surface area contributed by atoms with E-state index >= 15 is 0 Å². The monoisotopic (exact) mass is 253 g/mol. The van der Waals surface area contributed by atoms with Gasteiger partial charge in [0.25, 0.3) is 0 Å². The predicted molar refractivity (Wildman–Crippen MR) is 71.2 cm³/mol. The topological polar surface area (TPSA) is 41.9 Å². The van der Waals surface area contributed by atoms with Crippen LogP contribution in [0.25, 0.3) is 0 Å². The molecule has 1 rings (SSSR count). The third-order valence-electron chi connectivity index (χ3n) is 2.62. The minimum Gasteiger partial charge on any atom is -0.394 e. The molecule has 0 fully saturated rings. The zero-order valence-corrected chi connectivity index (χ0v) is 11.2. The molecule has 0 aliphatic heterocycles. The van der Waals surface area contributed by atoms with Crippen molar-refractivity contribution in [2.24, 2.45) is 0 Å². The van der Waals surface area contributed by atoms with Crippen molar-refractivity contribution in [1.29, 1.82) is 0 Å². The van der Waals surface area contributed by atoms with E-state index in [1.807, 2.05) is 32.2 Å². The molecular weight excluding hydrogens is 230 g/mol. The highest BCUT2D eigenvalue weighted by Gasteiger charge is 2.15. The van der Waals surface area contributed by atoms with Crippen LogP contribution in [0.1, 0.15) is 12.5 Å². The highest BCUT2D eigenvalue weighted by atomic mass is 16.5. The molecule has 1 N–H and O–H groups in total. The van der Waals surface area contributed by atoms with Crippen molar-refractivity contribution < 1.29 is 14.6 Å². The average Bonchev–Trinajstić information content (AvgIpc) is 2.39. The van der Waals surface area contributed by atoms with Crippen molar-refractivity contribution in [2.75, 3.05) is 33.5 Å². The zero-order valence-electron chi connectivity index (χ0n) is 11.2. The first-order valence-corrected chi connectivity index (χ1v) is 6.32. The molecule has 0 aliphatic rings. The second-order valence-corrected chi connectivity index (χ2v) is 4.11. The number of aliphatic hydroxyl groups is 1. The summed E-state index contributed by atoms with van der Waals surface area (Å²) in [6.07, 6.45) is -0.0817. The molecule has 4 nitrogen and oxygen atoms in total. The van der Waals surface area contributed by atoms with Crippen molar-refractivity contribution in [3.05, 3.63) is 35.9 Å². The van der Waals surface area contributed by atoms with E-state index in [4.69, 9.17) is 14.6 Å². The predicted octanol–water partition coefficient (Wildman–Crippen LogP) is 1.49. The highest BCUT2D eigenvalue weighted by Crippen LogP contribution is 2.07. The molecule has 0 bridgehead atoms. The van der Waals surface area contributed by atoms with E-state index in [2.05, 4.69) is 17.0 Å². The molecule has 0 spiro atoms. The lowest BCUT2D eigenvalue weighted by atomic mass is 10.2. The Balaban J connectivity index is 2.45. The Kier molecular flexibility index (Phi) is 7.60. The van der Waals surface area contributed by atoms with Crippen LogP contribution in [0.5, 0.6) is 0 Å². The van der Waals surface area contributed by atoms with Crippen molar-refractivity contribution in [3.63, 3.8) is 0 Å². The van der Waals surface area contributed by atoms with Crippen LogP contribution in [-0.2, 0) is 16.0 Å². The molecule has 0 aliphatic carbocycles. The molecule has 0 aromatic heterocycles. The summed E-state index contributed by atoms with van der Waals surface area (Å²) in [4.78, 5) is 2.11. The third kappa shape index (κ3) is 5.60. The molecular formula is C14H23NO3. The zero-order chi connectivity index (χ0) is 13.2. The Labute approximate surface area is 109 Å². The van der Waals surface area contributed by atoms with Gasteiger partial charge in [0.05, 0.1) is 19.8 Å².